The maximum absolute atomic E-state index is 12.3. The molecule has 0 spiro atoms. The minimum atomic E-state index is -0.0325. The molecule has 1 saturated heterocycles. The Kier molecular flexibility index (Phi) is 5.48. The number of H-pyrrole nitrogens is 1. The van der Waals surface area contributed by atoms with Crippen molar-refractivity contribution in [3.05, 3.63) is 46.5 Å². The van der Waals surface area contributed by atoms with Gasteiger partial charge in [0.2, 0.25) is 0 Å². The summed E-state index contributed by atoms with van der Waals surface area (Å²) in [6, 6.07) is 1.87. The van der Waals surface area contributed by atoms with E-state index in [9.17, 15) is 4.79 Å². The quantitative estimate of drug-likeness (QED) is 0.876. The molecule has 6 nitrogen and oxygen atoms in total. The van der Waals surface area contributed by atoms with Crippen molar-refractivity contribution in [1.82, 2.24) is 25.4 Å². The van der Waals surface area contributed by atoms with Crippen molar-refractivity contribution in [3.8, 4) is 0 Å². The second-order valence-electron chi connectivity index (χ2n) is 7.12. The summed E-state index contributed by atoms with van der Waals surface area (Å²) in [5.41, 5.74) is 5.18. The summed E-state index contributed by atoms with van der Waals surface area (Å²) < 4.78 is 0. The van der Waals surface area contributed by atoms with Crippen LogP contribution in [0.5, 0.6) is 0 Å². The molecule has 1 aliphatic rings. The number of rotatable bonds is 5. The molecule has 3 heterocycles. The van der Waals surface area contributed by atoms with Gasteiger partial charge in [0.05, 0.1) is 11.3 Å². The summed E-state index contributed by atoms with van der Waals surface area (Å²) in [5, 5.41) is 10.4. The molecule has 2 aromatic rings. The summed E-state index contributed by atoms with van der Waals surface area (Å²) in [6.45, 7) is 9.84. The molecule has 0 aliphatic carbocycles. The van der Waals surface area contributed by atoms with Gasteiger partial charge in [-0.1, -0.05) is 0 Å². The van der Waals surface area contributed by atoms with E-state index in [1.807, 2.05) is 13.0 Å². The molecule has 1 unspecified atom stereocenters. The lowest BCUT2D eigenvalue weighted by molar-refractivity contribution is 0.0930. The maximum Gasteiger partial charge on any atom is 0.252 e. The van der Waals surface area contributed by atoms with E-state index in [-0.39, 0.29) is 5.91 Å². The number of piperidine rings is 1. The van der Waals surface area contributed by atoms with E-state index in [0.29, 0.717) is 18.0 Å². The first kappa shape index (κ1) is 17.6. The number of nitrogens with one attached hydrogen (secondary N) is 2. The molecule has 0 aromatic carbocycles. The van der Waals surface area contributed by atoms with Gasteiger partial charge in [-0.15, -0.1) is 0 Å². The average molecular weight is 341 g/mol. The molecule has 1 aliphatic heterocycles. The lowest BCUT2D eigenvalue weighted by atomic mass is 9.97. The van der Waals surface area contributed by atoms with Gasteiger partial charge in [0.15, 0.2) is 0 Å². The van der Waals surface area contributed by atoms with Gasteiger partial charge in [0.25, 0.3) is 5.91 Å². The molecule has 1 fully saturated rings. The van der Waals surface area contributed by atoms with Gasteiger partial charge in [-0.3, -0.25) is 19.8 Å². The van der Waals surface area contributed by atoms with Crippen LogP contribution >= 0.6 is 0 Å². The molecular weight excluding hydrogens is 314 g/mol. The highest BCUT2D eigenvalue weighted by molar-refractivity contribution is 5.93. The van der Waals surface area contributed by atoms with Crippen molar-refractivity contribution in [2.45, 2.75) is 40.2 Å². The van der Waals surface area contributed by atoms with Crippen LogP contribution in [-0.2, 0) is 6.54 Å². The van der Waals surface area contributed by atoms with Gasteiger partial charge >= 0.3 is 0 Å². The van der Waals surface area contributed by atoms with Gasteiger partial charge in [-0.25, -0.2) is 0 Å². The minimum Gasteiger partial charge on any atom is -0.352 e. The second kappa shape index (κ2) is 7.78. The van der Waals surface area contributed by atoms with E-state index < -0.39 is 0 Å². The number of nitrogens with zero attached hydrogens (tertiary/aromatic N) is 3. The molecule has 25 heavy (non-hydrogen) atoms. The molecule has 3 rings (SSSR count). The summed E-state index contributed by atoms with van der Waals surface area (Å²) >= 11 is 0. The van der Waals surface area contributed by atoms with Crippen molar-refractivity contribution >= 4 is 5.91 Å². The molecule has 2 aromatic heterocycles. The third-order valence-electron chi connectivity index (χ3n) is 4.95. The Hall–Kier alpha value is -2.21. The SMILES string of the molecule is Cc1cncc(C(=O)NCC2CCCN(Cc3c(C)n[nH]c3C)C2)c1. The van der Waals surface area contributed by atoms with Crippen LogP contribution in [0.25, 0.3) is 0 Å². The summed E-state index contributed by atoms with van der Waals surface area (Å²) in [4.78, 5) is 18.9. The topological polar surface area (TPSA) is 73.9 Å². The van der Waals surface area contributed by atoms with Crippen LogP contribution in [0.3, 0.4) is 0 Å². The molecule has 0 bridgehead atoms. The molecule has 1 amide bonds. The Bertz CT molecular complexity index is 720. The lowest BCUT2D eigenvalue weighted by Gasteiger charge is -2.32. The Labute approximate surface area is 149 Å². The zero-order valence-electron chi connectivity index (χ0n) is 15.3. The fraction of sp³-hybridized carbons (Fsp3) is 0.526. The Balaban J connectivity index is 1.52. The standard InChI is InChI=1S/C19H27N5O/c1-13-7-17(10-20-8-13)19(25)21-9-16-5-4-6-24(11-16)12-18-14(2)22-23-15(18)3/h7-8,10,16H,4-6,9,11-12H2,1-3H3,(H,21,25)(H,22,23). The van der Waals surface area contributed by atoms with Crippen LogP contribution in [-0.4, -0.2) is 45.6 Å². The van der Waals surface area contributed by atoms with Crippen molar-refractivity contribution < 1.29 is 4.79 Å². The first-order valence-corrected chi connectivity index (χ1v) is 8.95. The number of carbonyl (C=O) groups is 1. The summed E-state index contributed by atoms with van der Waals surface area (Å²) in [6.07, 6.45) is 5.71. The van der Waals surface area contributed by atoms with E-state index in [1.54, 1.807) is 12.4 Å². The number of hydrogen-bond acceptors (Lipinski definition) is 4. The predicted molar refractivity (Wildman–Crippen MR) is 97.4 cm³/mol. The van der Waals surface area contributed by atoms with Crippen LogP contribution in [0.4, 0.5) is 0 Å². The van der Waals surface area contributed by atoms with Crippen molar-refractivity contribution in [2.75, 3.05) is 19.6 Å². The monoisotopic (exact) mass is 341 g/mol. The second-order valence-corrected chi connectivity index (χ2v) is 7.12. The highest BCUT2D eigenvalue weighted by Crippen LogP contribution is 2.20. The number of likely N-dealkylation sites (tertiary alicyclic amines) is 1. The highest BCUT2D eigenvalue weighted by Gasteiger charge is 2.22. The third kappa shape index (κ3) is 4.45. The van der Waals surface area contributed by atoms with Crippen LogP contribution in [0.1, 0.15) is 45.7 Å². The number of hydrogen-bond donors (Lipinski definition) is 2. The van der Waals surface area contributed by atoms with Crippen LogP contribution in [0.15, 0.2) is 18.5 Å². The van der Waals surface area contributed by atoms with Crippen LogP contribution in [0, 0.1) is 26.7 Å². The Morgan fingerprint density at radius 3 is 2.92 bits per heavy atom. The normalized spacial score (nSPS) is 18.3. The number of aryl methyl sites for hydroxylation is 3. The van der Waals surface area contributed by atoms with Crippen molar-refractivity contribution in [3.63, 3.8) is 0 Å². The summed E-state index contributed by atoms with van der Waals surface area (Å²) in [5.74, 6) is 0.456. The van der Waals surface area contributed by atoms with E-state index >= 15 is 0 Å². The molecule has 1 atom stereocenters. The highest BCUT2D eigenvalue weighted by atomic mass is 16.1. The van der Waals surface area contributed by atoms with Crippen molar-refractivity contribution in [1.29, 1.82) is 0 Å². The van der Waals surface area contributed by atoms with Crippen LogP contribution < -0.4 is 5.32 Å². The van der Waals surface area contributed by atoms with Gasteiger partial charge in [-0.2, -0.15) is 5.10 Å². The zero-order valence-corrected chi connectivity index (χ0v) is 15.3. The molecule has 0 saturated carbocycles. The Morgan fingerprint density at radius 2 is 2.20 bits per heavy atom. The third-order valence-corrected chi connectivity index (χ3v) is 4.95. The fourth-order valence-electron chi connectivity index (χ4n) is 3.51. The van der Waals surface area contributed by atoms with Crippen LogP contribution in [0.2, 0.25) is 0 Å². The zero-order chi connectivity index (χ0) is 17.8. The minimum absolute atomic E-state index is 0.0325. The van der Waals surface area contributed by atoms with Gasteiger partial charge in [-0.05, 0) is 57.7 Å². The first-order chi connectivity index (χ1) is 12.0. The maximum atomic E-state index is 12.3. The lowest BCUT2D eigenvalue weighted by Crippen LogP contribution is -2.40. The largest absolute Gasteiger partial charge is 0.352 e. The van der Waals surface area contributed by atoms with E-state index in [4.69, 9.17) is 0 Å². The number of aromatic amines is 1. The molecular formula is C19H27N5O. The van der Waals surface area contributed by atoms with Gasteiger partial charge in [0.1, 0.15) is 0 Å². The van der Waals surface area contributed by atoms with Crippen molar-refractivity contribution in [2.24, 2.45) is 5.92 Å². The van der Waals surface area contributed by atoms with E-state index in [1.165, 1.54) is 12.0 Å². The first-order valence-electron chi connectivity index (χ1n) is 8.95. The van der Waals surface area contributed by atoms with Gasteiger partial charge < -0.3 is 5.32 Å². The number of carbonyl (C=O) groups excluding carboxylic acids is 1. The molecule has 134 valence electrons. The average Bonchev–Trinajstić information content (AvgIpc) is 2.92. The van der Waals surface area contributed by atoms with E-state index in [2.05, 4.69) is 39.2 Å². The molecule has 0 radical (unpaired) electrons. The molecule has 6 heteroatoms. The fourth-order valence-corrected chi connectivity index (χ4v) is 3.51. The number of amides is 1. The molecule has 2 N–H and O–H groups in total. The summed E-state index contributed by atoms with van der Waals surface area (Å²) in [7, 11) is 0. The Morgan fingerprint density at radius 1 is 1.36 bits per heavy atom. The number of pyridine rings is 1. The number of aromatic nitrogens is 3. The predicted octanol–water partition coefficient (Wildman–Crippen LogP) is 2.37. The smallest absolute Gasteiger partial charge is 0.252 e. The van der Waals surface area contributed by atoms with Gasteiger partial charge in [0, 0.05) is 43.3 Å². The van der Waals surface area contributed by atoms with E-state index in [0.717, 1.165) is 43.0 Å².